The van der Waals surface area contributed by atoms with E-state index in [-0.39, 0.29) is 0 Å². The van der Waals surface area contributed by atoms with Crippen LogP contribution in [0, 0.1) is 23.7 Å². The summed E-state index contributed by atoms with van der Waals surface area (Å²) in [6.45, 7) is 0. The zero-order valence-electron chi connectivity index (χ0n) is 8.53. The van der Waals surface area contributed by atoms with Crippen LogP contribution in [0.1, 0.15) is 36.6 Å². The molecule has 1 heterocycles. The number of hydrogen-bond donors (Lipinski definition) is 0. The lowest BCUT2D eigenvalue weighted by Gasteiger charge is -2.06. The Bertz CT molecular complexity index is 386. The van der Waals surface area contributed by atoms with E-state index in [0.29, 0.717) is 0 Å². The van der Waals surface area contributed by atoms with Gasteiger partial charge in [-0.3, -0.25) is 0 Å². The van der Waals surface area contributed by atoms with E-state index < -0.39 is 0 Å². The van der Waals surface area contributed by atoms with Gasteiger partial charge in [0, 0.05) is 11.2 Å². The van der Waals surface area contributed by atoms with Gasteiger partial charge in [-0.2, -0.15) is 0 Å². The third kappa shape index (κ3) is 1.03. The minimum absolute atomic E-state index is 0.728. The van der Waals surface area contributed by atoms with Gasteiger partial charge in [0.2, 0.25) is 0 Å². The number of halogens is 1. The van der Waals surface area contributed by atoms with Crippen molar-refractivity contribution < 1.29 is 4.42 Å². The molecule has 4 rings (SSSR count). The fraction of sp³-hybridized carbons (Fsp3) is 0.750. The van der Waals surface area contributed by atoms with Gasteiger partial charge in [-0.05, 0) is 42.9 Å². The first-order valence-corrected chi connectivity index (χ1v) is 7.00. The molecule has 1 aromatic heterocycles. The first-order chi connectivity index (χ1) is 7.40. The Morgan fingerprint density at radius 3 is 2.73 bits per heavy atom. The number of aromatic nitrogens is 1. The second kappa shape index (κ2) is 2.88. The monoisotopic (exact) mass is 267 g/mol. The molecule has 2 nitrogen and oxygen atoms in total. The Balaban J connectivity index is 1.67. The standard InChI is InChI=1S/C12H14BrNO/c13-4-8-12(15-5-14-8)11-9-6-1-2-7(3-6)10(9)11/h5-7,9-11H,1-4H2. The molecule has 3 fully saturated rings. The Morgan fingerprint density at radius 1 is 1.33 bits per heavy atom. The molecule has 0 spiro atoms. The highest BCUT2D eigenvalue weighted by molar-refractivity contribution is 9.08. The predicted molar refractivity (Wildman–Crippen MR) is 59.7 cm³/mol. The van der Waals surface area contributed by atoms with E-state index in [0.717, 1.165) is 40.6 Å². The van der Waals surface area contributed by atoms with Crippen molar-refractivity contribution in [2.75, 3.05) is 0 Å². The third-order valence-electron chi connectivity index (χ3n) is 4.84. The molecule has 3 aliphatic carbocycles. The molecule has 3 aliphatic rings. The number of alkyl halides is 1. The molecule has 15 heavy (non-hydrogen) atoms. The van der Waals surface area contributed by atoms with Gasteiger partial charge in [0.15, 0.2) is 6.39 Å². The van der Waals surface area contributed by atoms with Crippen molar-refractivity contribution in [1.29, 1.82) is 0 Å². The normalized spacial score (nSPS) is 45.8. The van der Waals surface area contributed by atoms with Crippen LogP contribution in [0.15, 0.2) is 10.8 Å². The fourth-order valence-electron chi connectivity index (χ4n) is 4.33. The van der Waals surface area contributed by atoms with E-state index in [2.05, 4.69) is 20.9 Å². The van der Waals surface area contributed by atoms with E-state index >= 15 is 0 Å². The van der Waals surface area contributed by atoms with Gasteiger partial charge in [-0.15, -0.1) is 0 Å². The summed E-state index contributed by atoms with van der Waals surface area (Å²) in [4.78, 5) is 4.28. The molecule has 0 aromatic carbocycles. The lowest BCUT2D eigenvalue weighted by molar-refractivity contribution is 0.440. The summed E-state index contributed by atoms with van der Waals surface area (Å²) in [6, 6.07) is 0. The Morgan fingerprint density at radius 2 is 2.07 bits per heavy atom. The van der Waals surface area contributed by atoms with E-state index in [1.165, 1.54) is 25.0 Å². The van der Waals surface area contributed by atoms with Gasteiger partial charge in [0.05, 0.1) is 5.69 Å². The summed E-state index contributed by atoms with van der Waals surface area (Å²) in [5, 5.41) is 0.837. The number of oxazole rings is 1. The largest absolute Gasteiger partial charge is 0.448 e. The summed E-state index contributed by atoms with van der Waals surface area (Å²) in [5.74, 6) is 5.85. The second-order valence-corrected chi connectivity index (χ2v) is 5.87. The van der Waals surface area contributed by atoms with E-state index in [1.807, 2.05) is 0 Å². The quantitative estimate of drug-likeness (QED) is 0.769. The lowest BCUT2D eigenvalue weighted by atomic mass is 10.0. The van der Waals surface area contributed by atoms with Crippen LogP contribution in [-0.2, 0) is 5.33 Å². The highest BCUT2D eigenvalue weighted by atomic mass is 79.9. The molecule has 2 bridgehead atoms. The van der Waals surface area contributed by atoms with Gasteiger partial charge in [-0.25, -0.2) is 4.98 Å². The zero-order chi connectivity index (χ0) is 9.99. The van der Waals surface area contributed by atoms with Crippen LogP contribution in [0.25, 0.3) is 0 Å². The molecular weight excluding hydrogens is 254 g/mol. The maximum Gasteiger partial charge on any atom is 0.181 e. The van der Waals surface area contributed by atoms with Crippen LogP contribution in [-0.4, -0.2) is 4.98 Å². The Labute approximate surface area is 97.6 Å². The minimum atomic E-state index is 0.728. The summed E-state index contributed by atoms with van der Waals surface area (Å²) in [7, 11) is 0. The van der Waals surface area contributed by atoms with Crippen molar-refractivity contribution in [1.82, 2.24) is 4.98 Å². The van der Waals surface area contributed by atoms with Gasteiger partial charge < -0.3 is 4.42 Å². The number of nitrogens with zero attached hydrogens (tertiary/aromatic N) is 1. The second-order valence-electron chi connectivity index (χ2n) is 5.31. The lowest BCUT2D eigenvalue weighted by Crippen LogP contribution is -1.98. The summed E-state index contributed by atoms with van der Waals surface area (Å²) in [6.07, 6.45) is 6.06. The molecule has 80 valence electrons. The van der Waals surface area contributed by atoms with Crippen molar-refractivity contribution in [2.24, 2.45) is 23.7 Å². The van der Waals surface area contributed by atoms with Crippen LogP contribution < -0.4 is 0 Å². The molecule has 3 heteroatoms. The summed E-state index contributed by atoms with van der Waals surface area (Å²) in [5.41, 5.74) is 1.13. The highest BCUT2D eigenvalue weighted by Crippen LogP contribution is 2.73. The van der Waals surface area contributed by atoms with Gasteiger partial charge in [-0.1, -0.05) is 15.9 Å². The van der Waals surface area contributed by atoms with Crippen molar-refractivity contribution >= 4 is 15.9 Å². The number of rotatable bonds is 2. The number of hydrogen-bond acceptors (Lipinski definition) is 2. The predicted octanol–water partition coefficient (Wildman–Crippen LogP) is 3.33. The molecule has 0 saturated heterocycles. The van der Waals surface area contributed by atoms with Crippen molar-refractivity contribution in [2.45, 2.75) is 30.5 Å². The van der Waals surface area contributed by atoms with Gasteiger partial charge in [0.25, 0.3) is 0 Å². The van der Waals surface area contributed by atoms with E-state index in [1.54, 1.807) is 6.39 Å². The smallest absolute Gasteiger partial charge is 0.181 e. The molecule has 4 unspecified atom stereocenters. The fourth-order valence-corrected chi connectivity index (χ4v) is 4.75. The Kier molecular flexibility index (Phi) is 1.69. The summed E-state index contributed by atoms with van der Waals surface area (Å²) >= 11 is 3.49. The SMILES string of the molecule is BrCc1ncoc1C1C2C3CCC(C3)C12. The van der Waals surface area contributed by atoms with Crippen LogP contribution in [0.5, 0.6) is 0 Å². The summed E-state index contributed by atoms with van der Waals surface area (Å²) < 4.78 is 5.60. The molecular formula is C12H14BrNO. The number of fused-ring (bicyclic) bond motifs is 5. The Hall–Kier alpha value is -0.310. The molecule has 1 aromatic rings. The molecule has 0 aliphatic heterocycles. The van der Waals surface area contributed by atoms with Crippen molar-refractivity contribution in [3.8, 4) is 0 Å². The third-order valence-corrected chi connectivity index (χ3v) is 5.37. The van der Waals surface area contributed by atoms with Crippen LogP contribution in [0.4, 0.5) is 0 Å². The van der Waals surface area contributed by atoms with Crippen molar-refractivity contribution in [3.05, 3.63) is 17.8 Å². The average Bonchev–Trinajstić information content (AvgIpc) is 2.72. The molecule has 0 radical (unpaired) electrons. The molecule has 0 N–H and O–H groups in total. The van der Waals surface area contributed by atoms with Crippen LogP contribution in [0.2, 0.25) is 0 Å². The minimum Gasteiger partial charge on any atom is -0.448 e. The molecule has 3 saturated carbocycles. The van der Waals surface area contributed by atoms with E-state index in [9.17, 15) is 0 Å². The maximum atomic E-state index is 5.60. The maximum absolute atomic E-state index is 5.60. The van der Waals surface area contributed by atoms with Gasteiger partial charge >= 0.3 is 0 Å². The van der Waals surface area contributed by atoms with Crippen LogP contribution >= 0.6 is 15.9 Å². The molecule has 0 amide bonds. The molecule has 4 atom stereocenters. The van der Waals surface area contributed by atoms with Gasteiger partial charge in [0.1, 0.15) is 5.76 Å². The van der Waals surface area contributed by atoms with Crippen molar-refractivity contribution in [3.63, 3.8) is 0 Å². The first kappa shape index (κ1) is 8.80. The zero-order valence-corrected chi connectivity index (χ0v) is 10.1. The average molecular weight is 268 g/mol. The first-order valence-electron chi connectivity index (χ1n) is 5.88. The highest BCUT2D eigenvalue weighted by Gasteiger charge is 2.66. The topological polar surface area (TPSA) is 26.0 Å². The van der Waals surface area contributed by atoms with Crippen LogP contribution in [0.3, 0.4) is 0 Å². The van der Waals surface area contributed by atoms with E-state index in [4.69, 9.17) is 4.42 Å².